The van der Waals surface area contributed by atoms with E-state index in [1.165, 1.54) is 0 Å². The fourth-order valence-corrected chi connectivity index (χ4v) is 13.2. The van der Waals surface area contributed by atoms with Gasteiger partial charge in [-0.25, -0.2) is 0 Å². The molecule has 25 heteroatoms. The molecule has 0 aromatic carbocycles. The third-order valence-electron chi connectivity index (χ3n) is 6.37. The van der Waals surface area contributed by atoms with E-state index in [-0.39, 0.29) is 106 Å². The molecule has 0 aliphatic carbocycles. The highest BCUT2D eigenvalue weighted by Gasteiger charge is 2.43. The van der Waals surface area contributed by atoms with Crippen LogP contribution in [0.15, 0.2) is 13.5 Å². The van der Waals surface area contributed by atoms with Gasteiger partial charge in [-0.3, -0.25) is 0 Å². The Hall–Kier alpha value is -0.0700. The van der Waals surface area contributed by atoms with Crippen molar-refractivity contribution < 1.29 is 89.1 Å². The molecule has 0 fully saturated rings. The van der Waals surface area contributed by atoms with Crippen molar-refractivity contribution >= 4 is 23.0 Å². The number of hydrogen-bond acceptors (Lipinski definition) is 22. The summed E-state index contributed by atoms with van der Waals surface area (Å²) in [7, 11) is -3.34. The highest BCUT2D eigenvalue weighted by Crippen LogP contribution is 2.80. The van der Waals surface area contributed by atoms with Crippen molar-refractivity contribution in [1.29, 1.82) is 0 Å². The summed E-state index contributed by atoms with van der Waals surface area (Å²) in [5.41, 5.74) is 0. The lowest BCUT2D eigenvalue weighted by Crippen LogP contribution is -2.15. The number of rotatable bonds is 44. The lowest BCUT2D eigenvalue weighted by molar-refractivity contribution is 0.0226. The Labute approximate surface area is 332 Å². The molecule has 1 atom stereocenters. The maximum absolute atomic E-state index is 8.98. The van der Waals surface area contributed by atoms with Gasteiger partial charge in [0.2, 0.25) is 0 Å². The molecule has 0 radical (unpaired) electrons. The molecule has 0 bridgehead atoms. The first-order valence-corrected chi connectivity index (χ1v) is 23.0. The average molecular weight is 880 g/mol. The predicted octanol–water partition coefficient (Wildman–Crippen LogP) is 3.28. The molecule has 0 saturated carbocycles. The molecular formula is C31H68N3O19P3. The zero-order valence-corrected chi connectivity index (χ0v) is 36.5. The lowest BCUT2D eigenvalue weighted by Gasteiger charge is -2.33. The summed E-state index contributed by atoms with van der Waals surface area (Å²) in [6.07, 6.45) is 0. The summed E-state index contributed by atoms with van der Waals surface area (Å²) in [6.45, 7) is 5.43. The highest BCUT2D eigenvalue weighted by molar-refractivity contribution is 7.78. The monoisotopic (exact) mass is 879 g/mol. The number of nitrogens with zero attached hydrogens (tertiary/aromatic N) is 3. The van der Waals surface area contributed by atoms with Gasteiger partial charge in [-0.2, -0.15) is 0 Å². The Balaban J connectivity index is 3.70. The summed E-state index contributed by atoms with van der Waals surface area (Å²) < 4.78 is 118. The minimum Gasteiger partial charge on any atom is -0.394 e. The van der Waals surface area contributed by atoms with Gasteiger partial charge >= 0.3 is 23.0 Å². The first-order chi connectivity index (χ1) is 27.5. The molecule has 1 N–H and O–H groups in total. The standard InChI is InChI=1S/C31H68N3O19P3/c1-36-8-13-42-20-26-48-54(49-27-21-43-14-9-37-2)32-55(50-28-22-44-15-10-38-3,51-29-23-45-16-11-39-4)34-56(33-54,52-30-24-46-17-12-40-5)53-31-25-47-19-18-41-7-6-35/h35H,6-31H2,1-5H3. The van der Waals surface area contributed by atoms with Gasteiger partial charge < -0.3 is 89.1 Å². The number of methoxy groups -OCH3 is 5. The van der Waals surface area contributed by atoms with Crippen molar-refractivity contribution in [2.24, 2.45) is 13.5 Å². The normalized spacial score (nSPS) is 17.5. The molecule has 0 aromatic heterocycles. The lowest BCUT2D eigenvalue weighted by atomic mass is 10.7. The number of hydrogen-bond donors (Lipinski definition) is 1. The van der Waals surface area contributed by atoms with Crippen molar-refractivity contribution in [2.45, 2.75) is 0 Å². The van der Waals surface area contributed by atoms with Crippen LogP contribution < -0.4 is 0 Å². The maximum atomic E-state index is 8.98. The van der Waals surface area contributed by atoms with Gasteiger partial charge in [-0.05, 0) is 0 Å². The Bertz CT molecular complexity index is 993. The molecule has 336 valence electrons. The molecule has 0 spiro atoms. The second-order valence-electron chi connectivity index (χ2n) is 10.7. The summed E-state index contributed by atoms with van der Waals surface area (Å²) in [4.78, 5) is 0. The first-order valence-electron chi connectivity index (χ1n) is 18.4. The summed E-state index contributed by atoms with van der Waals surface area (Å²) in [6, 6.07) is 0. The van der Waals surface area contributed by atoms with E-state index >= 15 is 0 Å². The smallest absolute Gasteiger partial charge is 0.349 e. The van der Waals surface area contributed by atoms with Gasteiger partial charge in [0.05, 0.1) is 172 Å². The van der Waals surface area contributed by atoms with Crippen LogP contribution in [0.5, 0.6) is 0 Å². The van der Waals surface area contributed by atoms with Crippen LogP contribution in [0, 0.1) is 0 Å². The van der Waals surface area contributed by atoms with Gasteiger partial charge in [0.25, 0.3) is 0 Å². The summed E-state index contributed by atoms with van der Waals surface area (Å²) >= 11 is 0. The molecule has 0 aromatic rings. The van der Waals surface area contributed by atoms with E-state index in [0.717, 1.165) is 0 Å². The van der Waals surface area contributed by atoms with Crippen molar-refractivity contribution in [2.75, 3.05) is 207 Å². The third kappa shape index (κ3) is 27.6. The minimum atomic E-state index is -3.76. The minimum absolute atomic E-state index is 0.00811. The van der Waals surface area contributed by atoms with Crippen LogP contribution in [0.1, 0.15) is 0 Å². The van der Waals surface area contributed by atoms with Crippen LogP contribution in [0.4, 0.5) is 0 Å². The quantitative estimate of drug-likeness (QED) is 0.0685. The molecule has 0 amide bonds. The molecule has 56 heavy (non-hydrogen) atoms. The van der Waals surface area contributed by atoms with E-state index in [2.05, 4.69) is 0 Å². The van der Waals surface area contributed by atoms with E-state index in [1.807, 2.05) is 0 Å². The van der Waals surface area contributed by atoms with Gasteiger partial charge in [0.15, 0.2) is 0 Å². The van der Waals surface area contributed by atoms with E-state index in [9.17, 15) is 0 Å². The van der Waals surface area contributed by atoms with E-state index in [1.54, 1.807) is 35.5 Å². The van der Waals surface area contributed by atoms with Crippen molar-refractivity contribution in [3.63, 3.8) is 0 Å². The zero-order chi connectivity index (χ0) is 40.7. The number of aliphatic hydroxyl groups excluding tert-OH is 1. The molecular weight excluding hydrogens is 811 g/mol. The van der Waals surface area contributed by atoms with Crippen LogP contribution in [-0.4, -0.2) is 212 Å². The second kappa shape index (κ2) is 37.9. The molecule has 1 unspecified atom stereocenters. The molecule has 22 nitrogen and oxygen atoms in total. The maximum Gasteiger partial charge on any atom is 0.349 e. The Morgan fingerprint density at radius 2 is 0.446 bits per heavy atom. The average Bonchev–Trinajstić information content (AvgIpc) is 3.19. The second-order valence-corrected chi connectivity index (χ2v) is 17.4. The fourth-order valence-electron chi connectivity index (χ4n) is 3.80. The van der Waals surface area contributed by atoms with Crippen LogP contribution in [0.25, 0.3) is 0 Å². The molecule has 1 aliphatic rings. The van der Waals surface area contributed by atoms with Crippen molar-refractivity contribution in [3.8, 4) is 0 Å². The van der Waals surface area contributed by atoms with Gasteiger partial charge in [-0.1, -0.05) is 0 Å². The first kappa shape index (κ1) is 53.9. The van der Waals surface area contributed by atoms with Crippen LogP contribution >= 0.6 is 23.0 Å². The SMILES string of the molecule is COCCOCCOP1(OCCOCCOC)=NP(OCCOCCOC)(OCCOCCOC)=NP(OCCOCCOC)(OCCOCCOCCO)=N1. The Morgan fingerprint density at radius 1 is 0.268 bits per heavy atom. The zero-order valence-electron chi connectivity index (χ0n) is 33.9. The summed E-state index contributed by atoms with van der Waals surface area (Å²) in [5, 5.41) is 8.98. The third-order valence-corrected chi connectivity index (χ3v) is 14.9. The largest absolute Gasteiger partial charge is 0.394 e. The Morgan fingerprint density at radius 3 is 0.643 bits per heavy atom. The van der Waals surface area contributed by atoms with E-state index in [4.69, 9.17) is 103 Å². The molecule has 1 rings (SSSR count). The highest BCUT2D eigenvalue weighted by atomic mass is 31.3. The van der Waals surface area contributed by atoms with Gasteiger partial charge in [0, 0.05) is 35.5 Å². The number of aliphatic hydroxyl groups is 1. The molecule has 1 aliphatic heterocycles. The summed E-state index contributed by atoms with van der Waals surface area (Å²) in [5.74, 6) is 0. The van der Waals surface area contributed by atoms with Gasteiger partial charge in [0.1, 0.15) is 0 Å². The van der Waals surface area contributed by atoms with E-state index in [0.29, 0.717) is 66.1 Å². The van der Waals surface area contributed by atoms with E-state index < -0.39 is 23.0 Å². The topological polar surface area (TPSA) is 223 Å². The number of ether oxygens (including phenoxy) is 12. The van der Waals surface area contributed by atoms with Crippen molar-refractivity contribution in [1.82, 2.24) is 0 Å². The predicted molar refractivity (Wildman–Crippen MR) is 206 cm³/mol. The van der Waals surface area contributed by atoms with Crippen LogP contribution in [0.2, 0.25) is 0 Å². The Kier molecular flexibility index (Phi) is 36.5. The molecule has 1 heterocycles. The molecule has 0 saturated heterocycles. The van der Waals surface area contributed by atoms with Gasteiger partial charge in [-0.15, -0.1) is 13.5 Å². The van der Waals surface area contributed by atoms with Crippen LogP contribution in [0.3, 0.4) is 0 Å². The fraction of sp³-hybridized carbons (Fsp3) is 1.00. The van der Waals surface area contributed by atoms with Crippen LogP contribution in [-0.2, 0) is 84.0 Å². The van der Waals surface area contributed by atoms with Crippen molar-refractivity contribution in [3.05, 3.63) is 0 Å².